The zero-order valence-corrected chi connectivity index (χ0v) is 21.4. The van der Waals surface area contributed by atoms with Crippen molar-refractivity contribution in [2.75, 3.05) is 19.0 Å². The van der Waals surface area contributed by atoms with Crippen LogP contribution in [0.15, 0.2) is 84.9 Å². The van der Waals surface area contributed by atoms with Crippen LogP contribution in [0.25, 0.3) is 0 Å². The van der Waals surface area contributed by atoms with Crippen LogP contribution in [0.5, 0.6) is 5.75 Å². The lowest BCUT2D eigenvalue weighted by atomic mass is 10.1. The van der Waals surface area contributed by atoms with E-state index in [0.717, 1.165) is 11.1 Å². The Balaban J connectivity index is 1.46. The van der Waals surface area contributed by atoms with Crippen molar-refractivity contribution in [2.45, 2.75) is 38.5 Å². The summed E-state index contributed by atoms with van der Waals surface area (Å²) in [7, 11) is 1.56. The highest BCUT2D eigenvalue weighted by atomic mass is 16.6. The topological polar surface area (TPSA) is 115 Å². The summed E-state index contributed by atoms with van der Waals surface area (Å²) in [5, 5.41) is 8.17. The number of hydrogen-bond acceptors (Lipinski definition) is 6. The van der Waals surface area contributed by atoms with E-state index < -0.39 is 18.2 Å². The Kier molecular flexibility index (Phi) is 11.5. The maximum Gasteiger partial charge on any atom is 0.408 e. The molecule has 0 saturated heterocycles. The Morgan fingerprint density at radius 1 is 0.737 bits per heavy atom. The number of anilines is 1. The monoisotopic (exact) mass is 519 g/mol. The quantitative estimate of drug-likeness (QED) is 0.273. The number of benzene rings is 3. The number of carbonyl (C=O) groups is 3. The molecule has 200 valence electrons. The van der Waals surface area contributed by atoms with Gasteiger partial charge in [0, 0.05) is 12.2 Å². The number of nitrogens with one attached hydrogen (secondary N) is 3. The molecule has 0 bridgehead atoms. The van der Waals surface area contributed by atoms with Crippen molar-refractivity contribution in [3.05, 3.63) is 96.1 Å². The van der Waals surface area contributed by atoms with Crippen LogP contribution in [0.2, 0.25) is 0 Å². The molecule has 9 nitrogen and oxygen atoms in total. The molecule has 3 aromatic rings. The van der Waals surface area contributed by atoms with Gasteiger partial charge in [-0.1, -0.05) is 60.7 Å². The van der Waals surface area contributed by atoms with Gasteiger partial charge in [0.2, 0.25) is 5.91 Å². The molecule has 9 heteroatoms. The minimum atomic E-state index is -0.828. The normalized spacial score (nSPS) is 11.1. The van der Waals surface area contributed by atoms with Gasteiger partial charge in [-0.3, -0.25) is 4.79 Å². The summed E-state index contributed by atoms with van der Waals surface area (Å²) in [6, 6.07) is 24.7. The van der Waals surface area contributed by atoms with Crippen molar-refractivity contribution in [3.8, 4) is 5.75 Å². The molecule has 3 amide bonds. The number of hydrogen-bond donors (Lipinski definition) is 3. The van der Waals surface area contributed by atoms with Crippen molar-refractivity contribution < 1.29 is 28.6 Å². The standard InChI is InChI=1S/C29H33N3O6/c1-36-25-17-15-24(16-18-25)31-27(33)26(32-29(35)38-21-23-12-6-3-7-13-23)14-8-9-19-30-28(34)37-20-22-10-4-2-5-11-22/h2-7,10-13,15-18,26H,8-9,14,19-21H2,1H3,(H,30,34)(H,31,33)(H,32,35)/t26-/m1/s1. The van der Waals surface area contributed by atoms with Crippen LogP contribution in [0.1, 0.15) is 30.4 Å². The van der Waals surface area contributed by atoms with Crippen molar-refractivity contribution >= 4 is 23.8 Å². The zero-order chi connectivity index (χ0) is 27.0. The molecule has 3 aromatic carbocycles. The van der Waals surface area contributed by atoms with Crippen molar-refractivity contribution in [1.82, 2.24) is 10.6 Å². The van der Waals surface area contributed by atoms with Crippen molar-refractivity contribution in [2.24, 2.45) is 0 Å². The Labute approximate surface area is 222 Å². The first kappa shape index (κ1) is 28.0. The van der Waals surface area contributed by atoms with Gasteiger partial charge in [-0.05, 0) is 54.7 Å². The number of amides is 3. The maximum absolute atomic E-state index is 13.0. The molecule has 0 aliphatic rings. The lowest BCUT2D eigenvalue weighted by Gasteiger charge is -2.18. The van der Waals surface area contributed by atoms with Crippen molar-refractivity contribution in [3.63, 3.8) is 0 Å². The number of ether oxygens (including phenoxy) is 3. The fourth-order valence-corrected chi connectivity index (χ4v) is 3.52. The van der Waals surface area contributed by atoms with E-state index in [4.69, 9.17) is 14.2 Å². The summed E-state index contributed by atoms with van der Waals surface area (Å²) in [5.74, 6) is 0.291. The highest BCUT2D eigenvalue weighted by Crippen LogP contribution is 2.16. The van der Waals surface area contributed by atoms with Gasteiger partial charge in [0.25, 0.3) is 0 Å². The largest absolute Gasteiger partial charge is 0.497 e. The minimum absolute atomic E-state index is 0.0918. The van der Waals surface area contributed by atoms with E-state index in [1.165, 1.54) is 0 Å². The SMILES string of the molecule is COc1ccc(NC(=O)[C@@H](CCCCNC(=O)OCc2ccccc2)NC(=O)OCc2ccccc2)cc1. The second-order valence-corrected chi connectivity index (χ2v) is 8.46. The fourth-order valence-electron chi connectivity index (χ4n) is 3.52. The summed E-state index contributed by atoms with van der Waals surface area (Å²) in [6.45, 7) is 0.655. The molecule has 3 rings (SSSR count). The molecule has 1 atom stereocenters. The van der Waals surface area contributed by atoms with Gasteiger partial charge >= 0.3 is 12.2 Å². The highest BCUT2D eigenvalue weighted by molar-refractivity contribution is 5.96. The first-order chi connectivity index (χ1) is 18.5. The predicted octanol–water partition coefficient (Wildman–Crippen LogP) is 5.03. The second kappa shape index (κ2) is 15.6. The van der Waals surface area contributed by atoms with Gasteiger partial charge < -0.3 is 30.2 Å². The van der Waals surface area contributed by atoms with Gasteiger partial charge in [-0.15, -0.1) is 0 Å². The second-order valence-electron chi connectivity index (χ2n) is 8.46. The Bertz CT molecular complexity index is 1140. The number of rotatable bonds is 13. The summed E-state index contributed by atoms with van der Waals surface area (Å²) < 4.78 is 15.6. The molecular weight excluding hydrogens is 486 g/mol. The molecule has 0 aliphatic heterocycles. The molecule has 0 fully saturated rings. The molecule has 0 aromatic heterocycles. The first-order valence-electron chi connectivity index (χ1n) is 12.4. The smallest absolute Gasteiger partial charge is 0.408 e. The Morgan fingerprint density at radius 2 is 1.32 bits per heavy atom. The number of alkyl carbamates (subject to hydrolysis) is 2. The van der Waals surface area contributed by atoms with Crippen LogP contribution in [0.4, 0.5) is 15.3 Å². The molecule has 0 heterocycles. The van der Waals surface area contributed by atoms with E-state index in [9.17, 15) is 14.4 Å². The van der Waals surface area contributed by atoms with Crippen molar-refractivity contribution in [1.29, 1.82) is 0 Å². The van der Waals surface area contributed by atoms with E-state index in [2.05, 4.69) is 16.0 Å². The van der Waals surface area contributed by atoms with Crippen LogP contribution in [0, 0.1) is 0 Å². The first-order valence-corrected chi connectivity index (χ1v) is 12.4. The highest BCUT2D eigenvalue weighted by Gasteiger charge is 2.21. The van der Waals surface area contributed by atoms with E-state index in [0.29, 0.717) is 37.2 Å². The van der Waals surface area contributed by atoms with E-state index >= 15 is 0 Å². The van der Waals surface area contributed by atoms with Crippen LogP contribution in [-0.4, -0.2) is 37.8 Å². The van der Waals surface area contributed by atoms with Gasteiger partial charge in [0.15, 0.2) is 0 Å². The molecule has 0 unspecified atom stereocenters. The van der Waals surface area contributed by atoms with Crippen LogP contribution >= 0.6 is 0 Å². The van der Waals surface area contributed by atoms with Crippen LogP contribution in [-0.2, 0) is 27.5 Å². The molecule has 0 saturated carbocycles. The van der Waals surface area contributed by atoms with Gasteiger partial charge in [-0.2, -0.15) is 0 Å². The average Bonchev–Trinajstić information content (AvgIpc) is 2.95. The Morgan fingerprint density at radius 3 is 1.89 bits per heavy atom. The van der Waals surface area contributed by atoms with E-state index in [1.54, 1.807) is 31.4 Å². The molecule has 38 heavy (non-hydrogen) atoms. The third kappa shape index (κ3) is 10.2. The lowest BCUT2D eigenvalue weighted by molar-refractivity contribution is -0.118. The molecule has 0 aliphatic carbocycles. The third-order valence-corrected chi connectivity index (χ3v) is 5.58. The summed E-state index contributed by atoms with van der Waals surface area (Å²) in [4.78, 5) is 37.3. The number of methoxy groups -OCH3 is 1. The fraction of sp³-hybridized carbons (Fsp3) is 0.276. The number of carbonyl (C=O) groups excluding carboxylic acids is 3. The summed E-state index contributed by atoms with van der Waals surface area (Å²) in [5.41, 5.74) is 2.31. The van der Waals surface area contributed by atoms with Gasteiger partial charge in [-0.25, -0.2) is 9.59 Å². The van der Waals surface area contributed by atoms with E-state index in [1.807, 2.05) is 60.7 Å². The average molecular weight is 520 g/mol. The maximum atomic E-state index is 13.0. The van der Waals surface area contributed by atoms with Crippen LogP contribution in [0.3, 0.4) is 0 Å². The Hall–Kier alpha value is -4.53. The molecular formula is C29H33N3O6. The minimum Gasteiger partial charge on any atom is -0.497 e. The predicted molar refractivity (Wildman–Crippen MR) is 144 cm³/mol. The van der Waals surface area contributed by atoms with Gasteiger partial charge in [0.05, 0.1) is 7.11 Å². The summed E-state index contributed by atoms with van der Waals surface area (Å²) >= 11 is 0. The molecule has 3 N–H and O–H groups in total. The number of unbranched alkanes of at least 4 members (excludes halogenated alkanes) is 1. The van der Waals surface area contributed by atoms with Gasteiger partial charge in [0.1, 0.15) is 25.0 Å². The van der Waals surface area contributed by atoms with Crippen LogP contribution < -0.4 is 20.7 Å². The third-order valence-electron chi connectivity index (χ3n) is 5.58. The summed E-state index contributed by atoms with van der Waals surface area (Å²) in [6.07, 6.45) is 0.312. The van der Waals surface area contributed by atoms with E-state index in [-0.39, 0.29) is 19.1 Å². The molecule has 0 spiro atoms. The lowest BCUT2D eigenvalue weighted by Crippen LogP contribution is -2.44. The molecule has 0 radical (unpaired) electrons. The zero-order valence-electron chi connectivity index (χ0n) is 21.4.